The summed E-state index contributed by atoms with van der Waals surface area (Å²) in [5, 5.41) is 5.60. The van der Waals surface area contributed by atoms with Crippen molar-refractivity contribution in [1.29, 1.82) is 0 Å². The first-order valence-corrected chi connectivity index (χ1v) is 6.58. The van der Waals surface area contributed by atoms with Crippen molar-refractivity contribution in [2.75, 3.05) is 18.1 Å². The highest BCUT2D eigenvalue weighted by Gasteiger charge is 2.15. The Labute approximate surface area is 127 Å². The molecule has 0 saturated heterocycles. The van der Waals surface area contributed by atoms with Gasteiger partial charge in [0.25, 0.3) is 11.8 Å². The van der Waals surface area contributed by atoms with Gasteiger partial charge in [-0.3, -0.25) is 9.59 Å². The van der Waals surface area contributed by atoms with E-state index < -0.39 is 5.91 Å². The Morgan fingerprint density at radius 3 is 2.48 bits per heavy atom. The second kappa shape index (κ2) is 6.28. The molecule has 108 valence electrons. The molecule has 0 radical (unpaired) electrons. The highest BCUT2D eigenvalue weighted by atomic mass is 35.5. The van der Waals surface area contributed by atoms with Crippen LogP contribution < -0.4 is 16.4 Å². The maximum absolute atomic E-state index is 12.3. The van der Waals surface area contributed by atoms with Crippen molar-refractivity contribution in [1.82, 2.24) is 5.32 Å². The third kappa shape index (κ3) is 3.32. The first-order chi connectivity index (χ1) is 10.0. The predicted octanol–water partition coefficient (Wildman–Crippen LogP) is 2.53. The van der Waals surface area contributed by atoms with Gasteiger partial charge in [0, 0.05) is 17.8 Å². The second-order valence-electron chi connectivity index (χ2n) is 4.31. The number of benzene rings is 2. The molecule has 0 aliphatic rings. The topological polar surface area (TPSA) is 84.2 Å². The van der Waals surface area contributed by atoms with E-state index >= 15 is 0 Å². The van der Waals surface area contributed by atoms with Crippen LogP contribution >= 0.6 is 11.6 Å². The minimum absolute atomic E-state index is 0.259. The average molecular weight is 304 g/mol. The van der Waals surface area contributed by atoms with Crippen LogP contribution in [0.4, 0.5) is 11.4 Å². The highest BCUT2D eigenvalue weighted by molar-refractivity contribution is 6.31. The summed E-state index contributed by atoms with van der Waals surface area (Å²) < 4.78 is 0. The Hall–Kier alpha value is -2.53. The number of nitrogen functional groups attached to an aromatic ring is 1. The number of nitrogens with one attached hydrogen (secondary N) is 2. The number of halogens is 1. The minimum atomic E-state index is -0.425. The quantitative estimate of drug-likeness (QED) is 0.762. The number of hydrogen-bond donors (Lipinski definition) is 3. The lowest BCUT2D eigenvalue weighted by molar-refractivity contribution is 0.0964. The smallest absolute Gasteiger partial charge is 0.257 e. The average Bonchev–Trinajstić information content (AvgIpc) is 2.49. The Balaban J connectivity index is 2.32. The molecular weight excluding hydrogens is 290 g/mol. The van der Waals surface area contributed by atoms with Gasteiger partial charge in [-0.25, -0.2) is 0 Å². The summed E-state index contributed by atoms with van der Waals surface area (Å²) in [5.41, 5.74) is 7.12. The van der Waals surface area contributed by atoms with Gasteiger partial charge in [-0.15, -0.1) is 0 Å². The molecule has 0 spiro atoms. The van der Waals surface area contributed by atoms with Gasteiger partial charge in [0.15, 0.2) is 0 Å². The number of nitrogens with two attached hydrogens (primary N) is 1. The van der Waals surface area contributed by atoms with Crippen molar-refractivity contribution in [3.63, 3.8) is 0 Å². The molecule has 6 heteroatoms. The standard InChI is InChI=1S/C15H14ClN3O2/c1-18-14(20)10-4-2-3-5-13(10)19-15(21)11-8-9(16)6-7-12(11)17/h2-8H,17H2,1H3,(H,18,20)(H,19,21). The summed E-state index contributed by atoms with van der Waals surface area (Å²) in [6.45, 7) is 0. The monoisotopic (exact) mass is 303 g/mol. The third-order valence-electron chi connectivity index (χ3n) is 2.91. The molecule has 0 aliphatic carbocycles. The lowest BCUT2D eigenvalue weighted by atomic mass is 10.1. The zero-order valence-electron chi connectivity index (χ0n) is 11.3. The van der Waals surface area contributed by atoms with Gasteiger partial charge in [-0.05, 0) is 30.3 Å². The molecule has 0 aliphatic heterocycles. The first-order valence-electron chi connectivity index (χ1n) is 6.20. The summed E-state index contributed by atoms with van der Waals surface area (Å²) in [7, 11) is 1.52. The fourth-order valence-electron chi connectivity index (χ4n) is 1.84. The minimum Gasteiger partial charge on any atom is -0.398 e. The summed E-state index contributed by atoms with van der Waals surface area (Å²) in [4.78, 5) is 24.0. The van der Waals surface area contributed by atoms with E-state index in [-0.39, 0.29) is 11.5 Å². The van der Waals surface area contributed by atoms with Crippen molar-refractivity contribution in [2.45, 2.75) is 0 Å². The van der Waals surface area contributed by atoms with Gasteiger partial charge in [-0.2, -0.15) is 0 Å². The predicted molar refractivity (Wildman–Crippen MR) is 83.6 cm³/mol. The molecule has 2 aromatic carbocycles. The van der Waals surface area contributed by atoms with E-state index in [9.17, 15) is 9.59 Å². The number of hydrogen-bond acceptors (Lipinski definition) is 3. The highest BCUT2D eigenvalue weighted by Crippen LogP contribution is 2.21. The molecule has 0 aromatic heterocycles. The number of carbonyl (C=O) groups is 2. The molecule has 21 heavy (non-hydrogen) atoms. The van der Waals surface area contributed by atoms with Crippen LogP contribution in [-0.2, 0) is 0 Å². The van der Waals surface area contributed by atoms with E-state index in [0.717, 1.165) is 0 Å². The van der Waals surface area contributed by atoms with Crippen LogP contribution in [0, 0.1) is 0 Å². The van der Waals surface area contributed by atoms with Crippen LogP contribution in [0.15, 0.2) is 42.5 Å². The molecule has 0 heterocycles. The Bertz CT molecular complexity index is 701. The Morgan fingerprint density at radius 2 is 1.76 bits per heavy atom. The van der Waals surface area contributed by atoms with Gasteiger partial charge in [0.1, 0.15) is 0 Å². The number of rotatable bonds is 3. The van der Waals surface area contributed by atoms with Crippen LogP contribution in [0.5, 0.6) is 0 Å². The summed E-state index contributed by atoms with van der Waals surface area (Å²) in [6.07, 6.45) is 0. The largest absolute Gasteiger partial charge is 0.398 e. The molecule has 0 atom stereocenters. The van der Waals surface area contributed by atoms with E-state index in [4.69, 9.17) is 17.3 Å². The maximum atomic E-state index is 12.3. The molecule has 2 amide bonds. The lowest BCUT2D eigenvalue weighted by Gasteiger charge is -2.11. The second-order valence-corrected chi connectivity index (χ2v) is 4.75. The van der Waals surface area contributed by atoms with Crippen LogP contribution in [-0.4, -0.2) is 18.9 Å². The van der Waals surface area contributed by atoms with Gasteiger partial charge in [0.2, 0.25) is 0 Å². The molecule has 0 unspecified atom stereocenters. The van der Waals surface area contributed by atoms with E-state index in [0.29, 0.717) is 22.0 Å². The van der Waals surface area contributed by atoms with Crippen molar-refractivity contribution in [2.24, 2.45) is 0 Å². The summed E-state index contributed by atoms with van der Waals surface area (Å²) in [6, 6.07) is 11.3. The van der Waals surface area contributed by atoms with E-state index in [2.05, 4.69) is 10.6 Å². The fraction of sp³-hybridized carbons (Fsp3) is 0.0667. The van der Waals surface area contributed by atoms with Crippen LogP contribution in [0.25, 0.3) is 0 Å². The molecule has 4 N–H and O–H groups in total. The molecule has 0 bridgehead atoms. The number of carbonyl (C=O) groups excluding carboxylic acids is 2. The number of amides is 2. The maximum Gasteiger partial charge on any atom is 0.257 e. The van der Waals surface area contributed by atoms with Crippen molar-refractivity contribution < 1.29 is 9.59 Å². The molecule has 0 saturated carbocycles. The molecule has 2 rings (SSSR count). The van der Waals surface area contributed by atoms with Gasteiger partial charge >= 0.3 is 0 Å². The lowest BCUT2D eigenvalue weighted by Crippen LogP contribution is -2.21. The van der Waals surface area contributed by atoms with E-state index in [1.54, 1.807) is 36.4 Å². The van der Waals surface area contributed by atoms with Gasteiger partial charge < -0.3 is 16.4 Å². The van der Waals surface area contributed by atoms with Crippen LogP contribution in [0.2, 0.25) is 5.02 Å². The summed E-state index contributed by atoms with van der Waals surface area (Å²) in [5.74, 6) is -0.712. The van der Waals surface area contributed by atoms with Crippen molar-refractivity contribution >= 4 is 34.8 Å². The fourth-order valence-corrected chi connectivity index (χ4v) is 2.01. The number of anilines is 2. The third-order valence-corrected chi connectivity index (χ3v) is 3.14. The molecule has 0 fully saturated rings. The molecular formula is C15H14ClN3O2. The van der Waals surface area contributed by atoms with Crippen molar-refractivity contribution in [3.8, 4) is 0 Å². The number of para-hydroxylation sites is 1. The van der Waals surface area contributed by atoms with Crippen LogP contribution in [0.1, 0.15) is 20.7 Å². The Morgan fingerprint density at radius 1 is 1.05 bits per heavy atom. The van der Waals surface area contributed by atoms with Crippen molar-refractivity contribution in [3.05, 3.63) is 58.6 Å². The van der Waals surface area contributed by atoms with Gasteiger partial charge in [-0.1, -0.05) is 23.7 Å². The summed E-state index contributed by atoms with van der Waals surface area (Å²) >= 11 is 5.87. The van der Waals surface area contributed by atoms with E-state index in [1.165, 1.54) is 13.1 Å². The first kappa shape index (κ1) is 14.9. The zero-order chi connectivity index (χ0) is 15.4. The Kier molecular flexibility index (Phi) is 4.45. The van der Waals surface area contributed by atoms with Gasteiger partial charge in [0.05, 0.1) is 16.8 Å². The normalized spacial score (nSPS) is 10.0. The SMILES string of the molecule is CNC(=O)c1ccccc1NC(=O)c1cc(Cl)ccc1N. The molecule has 2 aromatic rings. The van der Waals surface area contributed by atoms with E-state index in [1.807, 2.05) is 0 Å². The van der Waals surface area contributed by atoms with Crippen LogP contribution in [0.3, 0.4) is 0 Å². The zero-order valence-corrected chi connectivity index (χ0v) is 12.1. The molecule has 5 nitrogen and oxygen atoms in total.